The fourth-order valence-electron chi connectivity index (χ4n) is 2.87. The molecule has 1 aliphatic heterocycles. The fourth-order valence-corrected chi connectivity index (χ4v) is 2.87. The van der Waals surface area contributed by atoms with E-state index in [0.717, 1.165) is 12.8 Å². The predicted molar refractivity (Wildman–Crippen MR) is 78.7 cm³/mol. The highest BCUT2D eigenvalue weighted by Crippen LogP contribution is 2.39. The molecule has 1 aliphatic rings. The van der Waals surface area contributed by atoms with Gasteiger partial charge in [-0.05, 0) is 39.5 Å². The molecule has 0 radical (unpaired) electrons. The molecule has 1 heterocycles. The van der Waals surface area contributed by atoms with E-state index in [2.05, 4.69) is 0 Å². The lowest BCUT2D eigenvalue weighted by Gasteiger charge is -2.34. The summed E-state index contributed by atoms with van der Waals surface area (Å²) in [5.41, 5.74) is -1.28. The van der Waals surface area contributed by atoms with Gasteiger partial charge >= 0.3 is 11.9 Å². The van der Waals surface area contributed by atoms with Crippen molar-refractivity contribution >= 4 is 11.9 Å². The fraction of sp³-hybridized carbons (Fsp3) is 0.875. The van der Waals surface area contributed by atoms with Gasteiger partial charge < -0.3 is 14.2 Å². The molecule has 0 amide bonds. The average molecular weight is 300 g/mol. The van der Waals surface area contributed by atoms with Crippen LogP contribution in [0.25, 0.3) is 0 Å². The van der Waals surface area contributed by atoms with Crippen molar-refractivity contribution < 1.29 is 23.8 Å². The highest BCUT2D eigenvalue weighted by atomic mass is 16.6. The molecule has 5 heteroatoms. The molecule has 5 nitrogen and oxygen atoms in total. The number of ether oxygens (including phenoxy) is 3. The minimum atomic E-state index is -1.28. The molecule has 0 aliphatic carbocycles. The molecule has 0 aromatic heterocycles. The van der Waals surface area contributed by atoms with Gasteiger partial charge in [0.15, 0.2) is 5.41 Å². The Morgan fingerprint density at radius 1 is 1.14 bits per heavy atom. The molecule has 1 saturated heterocycles. The lowest BCUT2D eigenvalue weighted by Crippen LogP contribution is -2.48. The Bertz CT molecular complexity index is 346. The molecular weight excluding hydrogens is 272 g/mol. The molecule has 0 spiro atoms. The summed E-state index contributed by atoms with van der Waals surface area (Å²) >= 11 is 0. The summed E-state index contributed by atoms with van der Waals surface area (Å²) in [5.74, 6) is -1.21. The monoisotopic (exact) mass is 300 g/mol. The first-order chi connectivity index (χ1) is 9.88. The molecule has 0 bridgehead atoms. The normalized spacial score (nSPS) is 22.4. The number of carbonyl (C=O) groups excluding carboxylic acids is 2. The molecule has 0 aromatic carbocycles. The van der Waals surface area contributed by atoms with Crippen molar-refractivity contribution in [1.82, 2.24) is 0 Å². The van der Waals surface area contributed by atoms with Gasteiger partial charge in [0.05, 0.1) is 25.4 Å². The van der Waals surface area contributed by atoms with Crippen LogP contribution in [0.2, 0.25) is 0 Å². The topological polar surface area (TPSA) is 61.8 Å². The van der Waals surface area contributed by atoms with Gasteiger partial charge in [0.1, 0.15) is 0 Å². The first-order valence-electron chi connectivity index (χ1n) is 7.88. The number of hydrogen-bond donors (Lipinski definition) is 0. The SMILES string of the molecule is CCOC(=O)C(CC1CCC(C)O1)(C(=O)OCC)C(C)C. The van der Waals surface area contributed by atoms with Crippen molar-refractivity contribution in [2.24, 2.45) is 11.3 Å². The van der Waals surface area contributed by atoms with Crippen LogP contribution in [0, 0.1) is 11.3 Å². The zero-order chi connectivity index (χ0) is 16.0. The Hall–Kier alpha value is -1.10. The summed E-state index contributed by atoms with van der Waals surface area (Å²) in [6.07, 6.45) is 2.20. The molecule has 2 unspecified atom stereocenters. The van der Waals surface area contributed by atoms with E-state index in [9.17, 15) is 9.59 Å². The summed E-state index contributed by atoms with van der Waals surface area (Å²) in [7, 11) is 0. The van der Waals surface area contributed by atoms with Crippen LogP contribution in [0.1, 0.15) is 53.9 Å². The molecule has 1 rings (SSSR count). The summed E-state index contributed by atoms with van der Waals surface area (Å²) < 4.78 is 16.2. The molecular formula is C16H28O5. The Balaban J connectivity index is 3.04. The van der Waals surface area contributed by atoms with Crippen molar-refractivity contribution in [3.8, 4) is 0 Å². The van der Waals surface area contributed by atoms with Crippen LogP contribution in [0.4, 0.5) is 0 Å². The highest BCUT2D eigenvalue weighted by molar-refractivity contribution is 6.00. The van der Waals surface area contributed by atoms with Crippen molar-refractivity contribution in [2.45, 2.75) is 66.1 Å². The van der Waals surface area contributed by atoms with Crippen LogP contribution in [0.3, 0.4) is 0 Å². The third kappa shape index (κ3) is 3.96. The standard InChI is InChI=1S/C16H28O5/c1-6-19-14(17)16(11(3)4,15(18)20-7-2)10-13-9-8-12(5)21-13/h11-13H,6-10H2,1-5H3. The molecule has 1 fully saturated rings. The van der Waals surface area contributed by atoms with E-state index < -0.39 is 17.4 Å². The van der Waals surface area contributed by atoms with Gasteiger partial charge in [0.25, 0.3) is 0 Å². The quantitative estimate of drug-likeness (QED) is 0.534. The van der Waals surface area contributed by atoms with Crippen LogP contribution in [0.15, 0.2) is 0 Å². The number of rotatable bonds is 7. The second kappa shape index (κ2) is 7.78. The average Bonchev–Trinajstić information content (AvgIpc) is 2.81. The van der Waals surface area contributed by atoms with Gasteiger partial charge in [-0.3, -0.25) is 9.59 Å². The predicted octanol–water partition coefficient (Wildman–Crippen LogP) is 2.71. The van der Waals surface area contributed by atoms with Crippen LogP contribution >= 0.6 is 0 Å². The van der Waals surface area contributed by atoms with Crippen molar-refractivity contribution in [3.63, 3.8) is 0 Å². The van der Waals surface area contributed by atoms with Crippen LogP contribution in [-0.4, -0.2) is 37.4 Å². The van der Waals surface area contributed by atoms with Crippen molar-refractivity contribution in [3.05, 3.63) is 0 Å². The summed E-state index contributed by atoms with van der Waals surface area (Å²) in [6, 6.07) is 0. The van der Waals surface area contributed by atoms with E-state index in [0.29, 0.717) is 6.42 Å². The van der Waals surface area contributed by atoms with Gasteiger partial charge in [-0.25, -0.2) is 0 Å². The van der Waals surface area contributed by atoms with Gasteiger partial charge in [-0.2, -0.15) is 0 Å². The summed E-state index contributed by atoms with van der Waals surface area (Å²) in [4.78, 5) is 25.0. The lowest BCUT2D eigenvalue weighted by molar-refractivity contribution is -0.179. The number of esters is 2. The van der Waals surface area contributed by atoms with E-state index >= 15 is 0 Å². The Morgan fingerprint density at radius 3 is 2.00 bits per heavy atom. The maximum Gasteiger partial charge on any atom is 0.323 e. The maximum atomic E-state index is 12.5. The molecule has 21 heavy (non-hydrogen) atoms. The van der Waals surface area contributed by atoms with Gasteiger partial charge in [0.2, 0.25) is 0 Å². The molecule has 122 valence electrons. The van der Waals surface area contributed by atoms with Crippen LogP contribution in [-0.2, 0) is 23.8 Å². The van der Waals surface area contributed by atoms with Crippen molar-refractivity contribution in [2.75, 3.05) is 13.2 Å². The zero-order valence-corrected chi connectivity index (χ0v) is 13.8. The van der Waals surface area contributed by atoms with E-state index in [1.807, 2.05) is 20.8 Å². The molecule has 2 atom stereocenters. The molecule has 0 aromatic rings. The Morgan fingerprint density at radius 2 is 1.67 bits per heavy atom. The van der Waals surface area contributed by atoms with Crippen molar-refractivity contribution in [1.29, 1.82) is 0 Å². The number of hydrogen-bond acceptors (Lipinski definition) is 5. The van der Waals surface area contributed by atoms with Crippen LogP contribution < -0.4 is 0 Å². The second-order valence-electron chi connectivity index (χ2n) is 5.92. The highest BCUT2D eigenvalue weighted by Gasteiger charge is 2.53. The molecule has 0 N–H and O–H groups in total. The lowest BCUT2D eigenvalue weighted by atomic mass is 9.72. The van der Waals surface area contributed by atoms with Gasteiger partial charge in [0, 0.05) is 6.42 Å². The minimum Gasteiger partial charge on any atom is -0.465 e. The van der Waals surface area contributed by atoms with E-state index in [1.54, 1.807) is 13.8 Å². The Kier molecular flexibility index (Phi) is 6.65. The molecule has 0 saturated carbocycles. The van der Waals surface area contributed by atoms with E-state index in [-0.39, 0.29) is 31.3 Å². The Labute approximate surface area is 127 Å². The zero-order valence-electron chi connectivity index (χ0n) is 13.8. The van der Waals surface area contributed by atoms with Gasteiger partial charge in [-0.15, -0.1) is 0 Å². The first kappa shape index (κ1) is 18.0. The minimum absolute atomic E-state index is 0.101. The van der Waals surface area contributed by atoms with Gasteiger partial charge in [-0.1, -0.05) is 13.8 Å². The van der Waals surface area contributed by atoms with Crippen LogP contribution in [0.5, 0.6) is 0 Å². The maximum absolute atomic E-state index is 12.5. The first-order valence-corrected chi connectivity index (χ1v) is 7.88. The third-order valence-corrected chi connectivity index (χ3v) is 4.13. The summed E-state index contributed by atoms with van der Waals surface area (Å²) in [6.45, 7) is 9.68. The largest absolute Gasteiger partial charge is 0.465 e. The van der Waals surface area contributed by atoms with E-state index in [1.165, 1.54) is 0 Å². The smallest absolute Gasteiger partial charge is 0.323 e. The second-order valence-corrected chi connectivity index (χ2v) is 5.92. The summed E-state index contributed by atoms with van der Waals surface area (Å²) in [5, 5.41) is 0. The number of carbonyl (C=O) groups is 2. The van der Waals surface area contributed by atoms with E-state index in [4.69, 9.17) is 14.2 Å². The third-order valence-electron chi connectivity index (χ3n) is 4.13.